The van der Waals surface area contributed by atoms with E-state index >= 15 is 0 Å². The van der Waals surface area contributed by atoms with Crippen molar-refractivity contribution in [1.29, 1.82) is 5.26 Å². The zero-order valence-corrected chi connectivity index (χ0v) is 16.7. The molecule has 0 aliphatic carbocycles. The number of morpholine rings is 1. The lowest BCUT2D eigenvalue weighted by Crippen LogP contribution is -2.48. The van der Waals surface area contributed by atoms with Crippen LogP contribution in [0.25, 0.3) is 0 Å². The second-order valence-electron chi connectivity index (χ2n) is 7.27. The zero-order valence-electron chi connectivity index (χ0n) is 16.7. The molecule has 1 aromatic carbocycles. The van der Waals surface area contributed by atoms with E-state index in [1.54, 1.807) is 18.2 Å². The summed E-state index contributed by atoms with van der Waals surface area (Å²) in [5.74, 6) is 0.546. The van der Waals surface area contributed by atoms with Gasteiger partial charge in [-0.1, -0.05) is 0 Å². The van der Waals surface area contributed by atoms with Gasteiger partial charge in [-0.05, 0) is 50.8 Å². The number of rotatable bonds is 6. The number of benzene rings is 1. The van der Waals surface area contributed by atoms with Gasteiger partial charge in [0, 0.05) is 37.9 Å². The van der Waals surface area contributed by atoms with Gasteiger partial charge in [-0.3, -0.25) is 4.90 Å². The Morgan fingerprint density at radius 3 is 2.89 bits per heavy atom. The molecule has 1 atom stereocenters. The van der Waals surface area contributed by atoms with Crippen molar-refractivity contribution in [1.82, 2.24) is 9.80 Å². The number of urea groups is 1. The van der Waals surface area contributed by atoms with E-state index in [2.05, 4.69) is 16.3 Å². The van der Waals surface area contributed by atoms with Crippen LogP contribution in [0.5, 0.6) is 5.75 Å². The Balaban J connectivity index is 1.60. The summed E-state index contributed by atoms with van der Waals surface area (Å²) < 4.78 is 10.9. The number of hydrogen-bond donors (Lipinski definition) is 1. The number of carbonyl (C=O) groups excluding carboxylic acids is 1. The molecule has 2 aliphatic rings. The van der Waals surface area contributed by atoms with Crippen LogP contribution in [-0.2, 0) is 4.74 Å². The van der Waals surface area contributed by atoms with Crippen LogP contribution in [0.2, 0.25) is 0 Å². The van der Waals surface area contributed by atoms with E-state index in [0.29, 0.717) is 23.6 Å². The number of ether oxygens (including phenoxy) is 2. The largest absolute Gasteiger partial charge is 0.492 e. The van der Waals surface area contributed by atoms with E-state index in [1.165, 1.54) is 6.42 Å². The fraction of sp³-hybridized carbons (Fsp3) is 0.619. The third kappa shape index (κ3) is 5.37. The highest BCUT2D eigenvalue weighted by Gasteiger charge is 2.27. The number of nitrogens with one attached hydrogen (secondary N) is 1. The van der Waals surface area contributed by atoms with Crippen LogP contribution < -0.4 is 10.1 Å². The predicted molar refractivity (Wildman–Crippen MR) is 108 cm³/mol. The highest BCUT2D eigenvalue weighted by Crippen LogP contribution is 2.25. The van der Waals surface area contributed by atoms with E-state index in [9.17, 15) is 10.1 Å². The van der Waals surface area contributed by atoms with Crippen LogP contribution >= 0.6 is 0 Å². The molecule has 1 unspecified atom stereocenters. The van der Waals surface area contributed by atoms with Crippen LogP contribution in [-0.4, -0.2) is 67.9 Å². The van der Waals surface area contributed by atoms with Crippen LogP contribution in [0, 0.1) is 11.3 Å². The third-order valence-corrected chi connectivity index (χ3v) is 5.42. The van der Waals surface area contributed by atoms with Gasteiger partial charge in [0.05, 0.1) is 25.4 Å². The predicted octanol–water partition coefficient (Wildman–Crippen LogP) is 3.07. The Morgan fingerprint density at radius 2 is 2.14 bits per heavy atom. The average Bonchev–Trinajstić information content (AvgIpc) is 2.74. The number of likely N-dealkylation sites (tertiary alicyclic amines) is 1. The second-order valence-corrected chi connectivity index (χ2v) is 7.27. The molecule has 0 aromatic heterocycles. The van der Waals surface area contributed by atoms with E-state index < -0.39 is 0 Å². The number of amides is 2. The molecule has 7 heteroatoms. The SMILES string of the molecule is CCOc1ccc(NC(=O)N2CCCCC2CCN2CCOCC2)cc1C#N. The summed E-state index contributed by atoms with van der Waals surface area (Å²) in [6.45, 7) is 7.70. The number of nitriles is 1. The Labute approximate surface area is 167 Å². The lowest BCUT2D eigenvalue weighted by Gasteiger charge is -2.37. The first-order chi connectivity index (χ1) is 13.7. The Kier molecular flexibility index (Phi) is 7.52. The first-order valence-electron chi connectivity index (χ1n) is 10.3. The number of nitrogens with zero attached hydrogens (tertiary/aromatic N) is 3. The van der Waals surface area contributed by atoms with Gasteiger partial charge < -0.3 is 19.7 Å². The van der Waals surface area contributed by atoms with Gasteiger partial charge >= 0.3 is 6.03 Å². The molecule has 1 N–H and O–H groups in total. The molecule has 28 heavy (non-hydrogen) atoms. The fourth-order valence-electron chi connectivity index (χ4n) is 3.90. The van der Waals surface area contributed by atoms with Gasteiger partial charge in [0.1, 0.15) is 11.8 Å². The van der Waals surface area contributed by atoms with E-state index in [1.807, 2.05) is 11.8 Å². The van der Waals surface area contributed by atoms with Gasteiger partial charge in [-0.2, -0.15) is 5.26 Å². The molecule has 2 saturated heterocycles. The van der Waals surface area contributed by atoms with E-state index in [0.717, 1.165) is 58.7 Å². The van der Waals surface area contributed by atoms with Crippen LogP contribution in [0.3, 0.4) is 0 Å². The summed E-state index contributed by atoms with van der Waals surface area (Å²) in [5, 5.41) is 12.3. The fourth-order valence-corrected chi connectivity index (χ4v) is 3.90. The maximum absolute atomic E-state index is 12.9. The van der Waals surface area contributed by atoms with Gasteiger partial charge in [0.2, 0.25) is 0 Å². The minimum atomic E-state index is -0.0836. The topological polar surface area (TPSA) is 77.8 Å². The number of hydrogen-bond acceptors (Lipinski definition) is 5. The minimum Gasteiger partial charge on any atom is -0.492 e. The van der Waals surface area contributed by atoms with Crippen LogP contribution in [0.15, 0.2) is 18.2 Å². The summed E-state index contributed by atoms with van der Waals surface area (Å²) in [5.41, 5.74) is 1.06. The molecule has 0 spiro atoms. The molecule has 152 valence electrons. The van der Waals surface area contributed by atoms with Crippen LogP contribution in [0.1, 0.15) is 38.2 Å². The third-order valence-electron chi connectivity index (χ3n) is 5.42. The minimum absolute atomic E-state index is 0.0836. The average molecular weight is 386 g/mol. The maximum atomic E-state index is 12.9. The summed E-state index contributed by atoms with van der Waals surface area (Å²) in [4.78, 5) is 17.3. The quantitative estimate of drug-likeness (QED) is 0.813. The Hall–Kier alpha value is -2.30. The van der Waals surface area contributed by atoms with Crippen molar-refractivity contribution >= 4 is 11.7 Å². The van der Waals surface area contributed by atoms with Gasteiger partial charge in [0.25, 0.3) is 0 Å². The molecule has 2 amide bonds. The molecule has 2 aliphatic heterocycles. The zero-order chi connectivity index (χ0) is 19.8. The number of piperidine rings is 1. The van der Waals surface area contributed by atoms with Crippen LogP contribution in [0.4, 0.5) is 10.5 Å². The standard InChI is InChI=1S/C21H30N4O3/c1-2-28-20-7-6-18(15-17(20)16-22)23-21(26)25-9-4-3-5-19(25)8-10-24-11-13-27-14-12-24/h6-7,15,19H,2-5,8-14H2,1H3,(H,23,26). The van der Waals surface area contributed by atoms with Crippen molar-refractivity contribution in [3.8, 4) is 11.8 Å². The molecule has 0 radical (unpaired) electrons. The summed E-state index contributed by atoms with van der Waals surface area (Å²) in [6.07, 6.45) is 4.23. The first-order valence-corrected chi connectivity index (χ1v) is 10.3. The Morgan fingerprint density at radius 1 is 1.32 bits per heavy atom. The molecule has 7 nitrogen and oxygen atoms in total. The second kappa shape index (κ2) is 10.3. The van der Waals surface area contributed by atoms with E-state index in [-0.39, 0.29) is 12.1 Å². The molecular formula is C21H30N4O3. The normalized spacial score (nSPS) is 20.4. The molecule has 2 fully saturated rings. The van der Waals surface area contributed by atoms with E-state index in [4.69, 9.17) is 9.47 Å². The molecule has 0 saturated carbocycles. The molecule has 2 heterocycles. The van der Waals surface area contributed by atoms with Gasteiger partial charge in [-0.15, -0.1) is 0 Å². The highest BCUT2D eigenvalue weighted by molar-refractivity contribution is 5.90. The molecule has 0 bridgehead atoms. The summed E-state index contributed by atoms with van der Waals surface area (Å²) in [6, 6.07) is 7.51. The number of carbonyl (C=O) groups is 1. The lowest BCUT2D eigenvalue weighted by atomic mass is 9.99. The Bertz CT molecular complexity index is 697. The summed E-state index contributed by atoms with van der Waals surface area (Å²) >= 11 is 0. The molecule has 3 rings (SSSR count). The van der Waals surface area contributed by atoms with Crippen molar-refractivity contribution < 1.29 is 14.3 Å². The number of anilines is 1. The summed E-state index contributed by atoms with van der Waals surface area (Å²) in [7, 11) is 0. The monoisotopic (exact) mass is 386 g/mol. The molecular weight excluding hydrogens is 356 g/mol. The highest BCUT2D eigenvalue weighted by atomic mass is 16.5. The maximum Gasteiger partial charge on any atom is 0.322 e. The molecule has 1 aromatic rings. The van der Waals surface area contributed by atoms with Gasteiger partial charge in [0.15, 0.2) is 0 Å². The van der Waals surface area contributed by atoms with Crippen molar-refractivity contribution in [2.24, 2.45) is 0 Å². The van der Waals surface area contributed by atoms with Crippen molar-refractivity contribution in [2.45, 2.75) is 38.6 Å². The first kappa shape index (κ1) is 20.4. The smallest absolute Gasteiger partial charge is 0.322 e. The van der Waals surface area contributed by atoms with Crippen molar-refractivity contribution in [2.75, 3.05) is 51.3 Å². The van der Waals surface area contributed by atoms with Crippen molar-refractivity contribution in [3.05, 3.63) is 23.8 Å². The van der Waals surface area contributed by atoms with Gasteiger partial charge in [-0.25, -0.2) is 4.79 Å². The van der Waals surface area contributed by atoms with Crippen molar-refractivity contribution in [3.63, 3.8) is 0 Å². The lowest BCUT2D eigenvalue weighted by molar-refractivity contribution is 0.0329.